The number of aryl methyl sites for hydroxylation is 1. The van der Waals surface area contributed by atoms with Crippen LogP contribution in [0.3, 0.4) is 0 Å². The smallest absolute Gasteiger partial charge is 0.287 e. The Morgan fingerprint density at radius 3 is 3.05 bits per heavy atom. The fraction of sp³-hybridized carbons (Fsp3) is 0.692. The number of piperidine rings is 1. The fourth-order valence-electron chi connectivity index (χ4n) is 2.54. The van der Waals surface area contributed by atoms with Gasteiger partial charge in [0, 0.05) is 26.2 Å². The number of hydrogen-bond donors (Lipinski definition) is 1. The Morgan fingerprint density at radius 2 is 2.42 bits per heavy atom. The molecule has 2 rings (SSSR count). The van der Waals surface area contributed by atoms with Gasteiger partial charge >= 0.3 is 0 Å². The summed E-state index contributed by atoms with van der Waals surface area (Å²) in [5.74, 6) is 0. The molecule has 0 amide bonds. The van der Waals surface area contributed by atoms with Crippen molar-refractivity contribution >= 4 is 17.3 Å². The third-order valence-electron chi connectivity index (χ3n) is 3.55. The average molecular weight is 285 g/mol. The Morgan fingerprint density at radius 1 is 1.63 bits per heavy atom. The van der Waals surface area contributed by atoms with Crippen molar-refractivity contribution in [3.05, 3.63) is 21.6 Å². The summed E-state index contributed by atoms with van der Waals surface area (Å²) in [6, 6.07) is 0.389. The van der Waals surface area contributed by atoms with E-state index in [1.54, 1.807) is 13.2 Å². The lowest BCUT2D eigenvalue weighted by Crippen LogP contribution is -2.47. The Balaban J connectivity index is 2.33. The molecule has 1 aromatic heterocycles. The van der Waals surface area contributed by atoms with Crippen LogP contribution < -0.4 is 15.8 Å². The Kier molecular flexibility index (Phi) is 4.82. The second-order valence-electron chi connectivity index (χ2n) is 4.97. The largest absolute Gasteiger partial charge is 0.365 e. The first-order chi connectivity index (χ1) is 9.15. The van der Waals surface area contributed by atoms with Gasteiger partial charge in [-0.05, 0) is 25.8 Å². The molecule has 0 aliphatic carbocycles. The van der Waals surface area contributed by atoms with Crippen LogP contribution in [0.25, 0.3) is 0 Å². The molecule has 0 bridgehead atoms. The lowest BCUT2D eigenvalue weighted by molar-refractivity contribution is 0.430. The van der Waals surface area contributed by atoms with Crippen LogP contribution in [0.5, 0.6) is 0 Å². The second kappa shape index (κ2) is 6.39. The molecular weight excluding hydrogens is 264 g/mol. The van der Waals surface area contributed by atoms with Crippen molar-refractivity contribution in [3.8, 4) is 0 Å². The maximum atomic E-state index is 11.9. The van der Waals surface area contributed by atoms with E-state index in [1.807, 2.05) is 0 Å². The Bertz CT molecular complexity index is 482. The fourth-order valence-corrected chi connectivity index (χ4v) is 2.82. The van der Waals surface area contributed by atoms with E-state index in [0.29, 0.717) is 6.04 Å². The van der Waals surface area contributed by atoms with Crippen LogP contribution in [0.2, 0.25) is 5.02 Å². The first-order valence-electron chi connectivity index (χ1n) is 6.84. The van der Waals surface area contributed by atoms with E-state index in [4.69, 9.17) is 11.6 Å². The predicted molar refractivity (Wildman–Crippen MR) is 78.0 cm³/mol. The lowest BCUT2D eigenvalue weighted by Gasteiger charge is -2.36. The van der Waals surface area contributed by atoms with E-state index in [2.05, 4.69) is 22.2 Å². The third-order valence-corrected chi connectivity index (χ3v) is 3.90. The molecule has 1 N–H and O–H groups in total. The highest BCUT2D eigenvalue weighted by Crippen LogP contribution is 2.25. The minimum absolute atomic E-state index is 0.232. The molecule has 19 heavy (non-hydrogen) atoms. The van der Waals surface area contributed by atoms with Crippen molar-refractivity contribution in [2.24, 2.45) is 7.05 Å². The Hall–Kier alpha value is -1.07. The highest BCUT2D eigenvalue weighted by molar-refractivity contribution is 6.33. The number of nitrogens with zero attached hydrogens (tertiary/aromatic N) is 3. The number of anilines is 1. The number of nitrogens with one attached hydrogen (secondary N) is 1. The van der Waals surface area contributed by atoms with Crippen LogP contribution in [0.1, 0.15) is 26.2 Å². The van der Waals surface area contributed by atoms with Crippen molar-refractivity contribution < 1.29 is 0 Å². The van der Waals surface area contributed by atoms with E-state index in [0.717, 1.165) is 44.6 Å². The molecule has 0 radical (unpaired) electrons. The molecule has 0 aromatic carbocycles. The number of halogens is 1. The molecule has 1 fully saturated rings. The molecular formula is C13H21ClN4O. The zero-order valence-electron chi connectivity index (χ0n) is 11.5. The van der Waals surface area contributed by atoms with Gasteiger partial charge in [-0.2, -0.15) is 5.10 Å². The summed E-state index contributed by atoms with van der Waals surface area (Å²) >= 11 is 6.21. The van der Waals surface area contributed by atoms with Crippen LogP contribution in [0, 0.1) is 0 Å². The van der Waals surface area contributed by atoms with Crippen LogP contribution in [-0.4, -0.2) is 35.5 Å². The molecule has 5 nitrogen and oxygen atoms in total. The van der Waals surface area contributed by atoms with Crippen molar-refractivity contribution in [2.45, 2.75) is 32.2 Å². The number of rotatable bonds is 4. The summed E-state index contributed by atoms with van der Waals surface area (Å²) in [5.41, 5.74) is 0.532. The van der Waals surface area contributed by atoms with Gasteiger partial charge in [0.05, 0.1) is 11.9 Å². The van der Waals surface area contributed by atoms with Gasteiger partial charge < -0.3 is 10.2 Å². The minimum Gasteiger partial charge on any atom is -0.365 e. The van der Waals surface area contributed by atoms with Crippen molar-refractivity contribution in [3.63, 3.8) is 0 Å². The number of aromatic nitrogens is 2. The van der Waals surface area contributed by atoms with Crippen molar-refractivity contribution in [2.75, 3.05) is 24.5 Å². The third kappa shape index (κ3) is 3.09. The van der Waals surface area contributed by atoms with E-state index < -0.39 is 0 Å². The van der Waals surface area contributed by atoms with Crippen LogP contribution in [0.4, 0.5) is 5.69 Å². The normalized spacial score (nSPS) is 19.4. The molecule has 106 valence electrons. The topological polar surface area (TPSA) is 50.2 Å². The van der Waals surface area contributed by atoms with Gasteiger partial charge in [-0.25, -0.2) is 4.68 Å². The second-order valence-corrected chi connectivity index (χ2v) is 5.34. The summed E-state index contributed by atoms with van der Waals surface area (Å²) < 4.78 is 1.27. The molecule has 1 saturated heterocycles. The molecule has 1 aliphatic rings. The molecule has 1 aromatic rings. The lowest BCUT2D eigenvalue weighted by atomic mass is 10.1. The van der Waals surface area contributed by atoms with Gasteiger partial charge in [0.1, 0.15) is 5.02 Å². The first-order valence-corrected chi connectivity index (χ1v) is 7.22. The van der Waals surface area contributed by atoms with Crippen LogP contribution in [0.15, 0.2) is 11.0 Å². The first kappa shape index (κ1) is 14.3. The summed E-state index contributed by atoms with van der Waals surface area (Å²) in [5, 5.41) is 7.77. The molecule has 2 heterocycles. The summed E-state index contributed by atoms with van der Waals surface area (Å²) in [7, 11) is 1.62. The molecule has 0 spiro atoms. The molecule has 1 atom stereocenters. The quantitative estimate of drug-likeness (QED) is 0.908. The van der Waals surface area contributed by atoms with Gasteiger partial charge in [0.2, 0.25) is 0 Å². The highest BCUT2D eigenvalue weighted by Gasteiger charge is 2.23. The van der Waals surface area contributed by atoms with E-state index in [9.17, 15) is 4.79 Å². The van der Waals surface area contributed by atoms with Gasteiger partial charge in [-0.15, -0.1) is 0 Å². The van der Waals surface area contributed by atoms with E-state index in [1.165, 1.54) is 4.68 Å². The van der Waals surface area contributed by atoms with Crippen molar-refractivity contribution in [1.29, 1.82) is 0 Å². The highest BCUT2D eigenvalue weighted by atomic mass is 35.5. The maximum Gasteiger partial charge on any atom is 0.287 e. The summed E-state index contributed by atoms with van der Waals surface area (Å²) in [6.45, 7) is 5.02. The Labute approximate surface area is 118 Å². The van der Waals surface area contributed by atoms with Crippen molar-refractivity contribution in [1.82, 2.24) is 15.1 Å². The zero-order valence-corrected chi connectivity index (χ0v) is 12.3. The van der Waals surface area contributed by atoms with Crippen LogP contribution in [-0.2, 0) is 7.05 Å². The molecule has 0 saturated carbocycles. The standard InChI is InChI=1S/C13H21ClN4O/c1-3-7-18(10-5-4-6-15-8-10)11-9-16-17(2)13(19)12(11)14/h9-10,15H,3-8H2,1-2H3. The van der Waals surface area contributed by atoms with Gasteiger partial charge in [-0.1, -0.05) is 18.5 Å². The molecule has 1 aliphatic heterocycles. The van der Waals surface area contributed by atoms with E-state index in [-0.39, 0.29) is 10.6 Å². The summed E-state index contributed by atoms with van der Waals surface area (Å²) in [4.78, 5) is 14.1. The molecule has 6 heteroatoms. The van der Waals surface area contributed by atoms with E-state index >= 15 is 0 Å². The molecule has 1 unspecified atom stereocenters. The van der Waals surface area contributed by atoms with Crippen LogP contribution >= 0.6 is 11.6 Å². The number of hydrogen-bond acceptors (Lipinski definition) is 4. The maximum absolute atomic E-state index is 11.9. The van der Waals surface area contributed by atoms with Gasteiger partial charge in [0.25, 0.3) is 5.56 Å². The zero-order chi connectivity index (χ0) is 13.8. The minimum atomic E-state index is -0.232. The average Bonchev–Trinajstić information content (AvgIpc) is 2.44. The monoisotopic (exact) mass is 284 g/mol. The predicted octanol–water partition coefficient (Wildman–Crippen LogP) is 1.40. The SMILES string of the molecule is CCCN(c1cnn(C)c(=O)c1Cl)C1CCCNC1. The summed E-state index contributed by atoms with van der Waals surface area (Å²) in [6.07, 6.45) is 5.00. The van der Waals surface area contributed by atoms with Gasteiger partial charge in [-0.3, -0.25) is 4.79 Å². The van der Waals surface area contributed by atoms with Gasteiger partial charge in [0.15, 0.2) is 0 Å².